The van der Waals surface area contributed by atoms with Crippen LogP contribution in [-0.4, -0.2) is 29.1 Å². The lowest BCUT2D eigenvalue weighted by molar-refractivity contribution is 0.177. The lowest BCUT2D eigenvalue weighted by atomic mass is 9.77. The van der Waals surface area contributed by atoms with Crippen LogP contribution >= 0.6 is 0 Å². The fourth-order valence-electron chi connectivity index (χ4n) is 2.83. The van der Waals surface area contributed by atoms with Crippen LogP contribution in [0.25, 0.3) is 0 Å². The fraction of sp³-hybridized carbons (Fsp3) is 0.600. The van der Waals surface area contributed by atoms with Gasteiger partial charge in [-0.05, 0) is 38.9 Å². The minimum Gasteiger partial charge on any atom is -0.508 e. The van der Waals surface area contributed by atoms with Crippen LogP contribution in [0.2, 0.25) is 0 Å². The summed E-state index contributed by atoms with van der Waals surface area (Å²) in [5.74, 6) is 0.420. The van der Waals surface area contributed by atoms with E-state index in [0.29, 0.717) is 11.8 Å². The van der Waals surface area contributed by atoms with Crippen LogP contribution < -0.4 is 0 Å². The van der Waals surface area contributed by atoms with Gasteiger partial charge >= 0.3 is 0 Å². The van der Waals surface area contributed by atoms with E-state index < -0.39 is 0 Å². The van der Waals surface area contributed by atoms with Crippen molar-refractivity contribution in [2.75, 3.05) is 13.1 Å². The van der Waals surface area contributed by atoms with E-state index in [1.165, 1.54) is 25.9 Å². The Kier molecular flexibility index (Phi) is 3.43. The maximum absolute atomic E-state index is 10.0. The summed E-state index contributed by atoms with van der Waals surface area (Å²) in [6, 6.07) is 8.18. The second kappa shape index (κ2) is 4.69. The predicted octanol–water partition coefficient (Wildman–Crippen LogP) is 3.15. The van der Waals surface area contributed by atoms with E-state index in [4.69, 9.17) is 0 Å². The molecule has 0 saturated carbocycles. The molecule has 1 saturated heterocycles. The molecule has 17 heavy (non-hydrogen) atoms. The molecule has 1 fully saturated rings. The Hall–Kier alpha value is -1.02. The molecule has 1 unspecified atom stereocenters. The lowest BCUT2D eigenvalue weighted by Crippen LogP contribution is -2.44. The number of phenols is 1. The Balaban J connectivity index is 2.25. The van der Waals surface area contributed by atoms with Crippen molar-refractivity contribution in [2.45, 2.75) is 45.1 Å². The molecule has 0 amide bonds. The van der Waals surface area contributed by atoms with Gasteiger partial charge in [-0.3, -0.25) is 4.90 Å². The number of benzene rings is 1. The molecule has 1 N–H and O–H groups in total. The number of rotatable bonds is 3. The van der Waals surface area contributed by atoms with Gasteiger partial charge in [-0.2, -0.15) is 0 Å². The van der Waals surface area contributed by atoms with Crippen molar-refractivity contribution in [1.29, 1.82) is 0 Å². The van der Waals surface area contributed by atoms with E-state index in [-0.39, 0.29) is 5.41 Å². The molecule has 1 aromatic carbocycles. The van der Waals surface area contributed by atoms with Crippen molar-refractivity contribution in [1.82, 2.24) is 4.90 Å². The second-order valence-corrected chi connectivity index (χ2v) is 5.66. The van der Waals surface area contributed by atoms with Gasteiger partial charge in [0, 0.05) is 17.0 Å². The van der Waals surface area contributed by atoms with Gasteiger partial charge in [0.15, 0.2) is 0 Å². The summed E-state index contributed by atoms with van der Waals surface area (Å²) < 4.78 is 0. The third kappa shape index (κ3) is 2.32. The number of aromatic hydroxyl groups is 1. The third-order valence-electron chi connectivity index (χ3n) is 4.33. The van der Waals surface area contributed by atoms with Crippen molar-refractivity contribution in [3.05, 3.63) is 29.8 Å². The van der Waals surface area contributed by atoms with Gasteiger partial charge in [0.2, 0.25) is 0 Å². The highest BCUT2D eigenvalue weighted by Gasteiger charge is 2.34. The normalized spacial score (nSPS) is 19.5. The fourth-order valence-corrected chi connectivity index (χ4v) is 2.83. The monoisotopic (exact) mass is 233 g/mol. The van der Waals surface area contributed by atoms with Crippen LogP contribution in [0.1, 0.15) is 39.2 Å². The van der Waals surface area contributed by atoms with Crippen molar-refractivity contribution in [2.24, 2.45) is 0 Å². The summed E-state index contributed by atoms with van der Waals surface area (Å²) in [7, 11) is 0. The van der Waals surface area contributed by atoms with Gasteiger partial charge in [0.05, 0.1) is 0 Å². The molecule has 0 spiro atoms. The maximum Gasteiger partial charge on any atom is 0.119 e. The quantitative estimate of drug-likeness (QED) is 0.867. The molecule has 2 nitrogen and oxygen atoms in total. The highest BCUT2D eigenvalue weighted by atomic mass is 16.3. The first-order valence-electron chi connectivity index (χ1n) is 6.56. The topological polar surface area (TPSA) is 23.5 Å². The molecule has 1 atom stereocenters. The van der Waals surface area contributed by atoms with Crippen LogP contribution in [0.15, 0.2) is 24.3 Å². The highest BCUT2D eigenvalue weighted by molar-refractivity contribution is 5.38. The first kappa shape index (κ1) is 12.4. The molecule has 0 aliphatic carbocycles. The van der Waals surface area contributed by atoms with Gasteiger partial charge in [-0.1, -0.05) is 32.0 Å². The van der Waals surface area contributed by atoms with E-state index >= 15 is 0 Å². The van der Waals surface area contributed by atoms with Crippen LogP contribution in [0, 0.1) is 0 Å². The molecule has 0 aromatic heterocycles. The highest BCUT2D eigenvalue weighted by Crippen LogP contribution is 2.36. The molecular weight excluding hydrogens is 210 g/mol. The number of hydrogen-bond acceptors (Lipinski definition) is 2. The summed E-state index contributed by atoms with van der Waals surface area (Å²) in [5.41, 5.74) is 1.04. The SMILES string of the molecule is CC(N1CCCC1)C(C)(C)c1ccccc1O. The minimum absolute atomic E-state index is 0.0182. The van der Waals surface area contributed by atoms with E-state index in [2.05, 4.69) is 25.7 Å². The summed E-state index contributed by atoms with van der Waals surface area (Å²) in [5, 5.41) is 10.0. The predicted molar refractivity (Wildman–Crippen MR) is 71.4 cm³/mol. The minimum atomic E-state index is -0.0182. The molecule has 0 bridgehead atoms. The second-order valence-electron chi connectivity index (χ2n) is 5.66. The molecule has 0 radical (unpaired) electrons. The molecule has 1 aliphatic heterocycles. The molecule has 1 heterocycles. The van der Waals surface area contributed by atoms with Gasteiger partial charge in [-0.15, -0.1) is 0 Å². The molecular formula is C15H23NO. The zero-order chi connectivity index (χ0) is 12.5. The zero-order valence-corrected chi connectivity index (χ0v) is 11.1. The number of para-hydroxylation sites is 1. The summed E-state index contributed by atoms with van der Waals surface area (Å²) >= 11 is 0. The smallest absolute Gasteiger partial charge is 0.119 e. The third-order valence-corrected chi connectivity index (χ3v) is 4.33. The molecule has 2 heteroatoms. The van der Waals surface area contributed by atoms with Crippen molar-refractivity contribution >= 4 is 0 Å². The van der Waals surface area contributed by atoms with E-state index in [1.54, 1.807) is 6.07 Å². The van der Waals surface area contributed by atoms with Gasteiger partial charge in [0.1, 0.15) is 5.75 Å². The van der Waals surface area contributed by atoms with Crippen molar-refractivity contribution in [3.8, 4) is 5.75 Å². The summed E-state index contributed by atoms with van der Waals surface area (Å²) in [4.78, 5) is 2.53. The number of likely N-dealkylation sites (tertiary alicyclic amines) is 1. The van der Waals surface area contributed by atoms with Gasteiger partial charge < -0.3 is 5.11 Å². The van der Waals surface area contributed by atoms with E-state index in [1.807, 2.05) is 18.2 Å². The number of phenolic OH excluding ortho intramolecular Hbond substituents is 1. The molecule has 94 valence electrons. The Bertz CT molecular complexity index is 380. The number of nitrogens with zero attached hydrogens (tertiary/aromatic N) is 1. The molecule has 1 aliphatic rings. The zero-order valence-electron chi connectivity index (χ0n) is 11.1. The Morgan fingerprint density at radius 3 is 2.35 bits per heavy atom. The molecule has 2 rings (SSSR count). The van der Waals surface area contributed by atoms with Crippen LogP contribution in [0.5, 0.6) is 5.75 Å². The first-order valence-corrected chi connectivity index (χ1v) is 6.56. The van der Waals surface area contributed by atoms with Crippen LogP contribution in [0.3, 0.4) is 0 Å². The van der Waals surface area contributed by atoms with E-state index in [9.17, 15) is 5.11 Å². The first-order chi connectivity index (χ1) is 8.03. The number of hydrogen-bond donors (Lipinski definition) is 1. The summed E-state index contributed by atoms with van der Waals surface area (Å²) in [6.07, 6.45) is 2.61. The van der Waals surface area contributed by atoms with Gasteiger partial charge in [-0.25, -0.2) is 0 Å². The largest absolute Gasteiger partial charge is 0.508 e. The Morgan fingerprint density at radius 2 is 1.76 bits per heavy atom. The van der Waals surface area contributed by atoms with Gasteiger partial charge in [0.25, 0.3) is 0 Å². The summed E-state index contributed by atoms with van der Waals surface area (Å²) in [6.45, 7) is 9.12. The maximum atomic E-state index is 10.0. The standard InChI is InChI=1S/C15H23NO/c1-12(16-10-6-7-11-16)15(2,3)13-8-4-5-9-14(13)17/h4-5,8-9,12,17H,6-7,10-11H2,1-3H3. The van der Waals surface area contributed by atoms with Crippen LogP contribution in [0.4, 0.5) is 0 Å². The van der Waals surface area contributed by atoms with Crippen LogP contribution in [-0.2, 0) is 5.41 Å². The van der Waals surface area contributed by atoms with Crippen molar-refractivity contribution in [3.63, 3.8) is 0 Å². The average molecular weight is 233 g/mol. The van der Waals surface area contributed by atoms with Crippen molar-refractivity contribution < 1.29 is 5.11 Å². The Morgan fingerprint density at radius 1 is 1.18 bits per heavy atom. The average Bonchev–Trinajstić information content (AvgIpc) is 2.81. The Labute approximate surface area is 104 Å². The molecule has 1 aromatic rings. The lowest BCUT2D eigenvalue weighted by Gasteiger charge is -2.38. The van der Waals surface area contributed by atoms with E-state index in [0.717, 1.165) is 5.56 Å².